The molecule has 0 radical (unpaired) electrons. The molecule has 0 fully saturated rings. The molecule has 1 amide bonds. The lowest BCUT2D eigenvalue weighted by molar-refractivity contribution is 0.0929. The fraction of sp³-hybridized carbons (Fsp3) is 0.214. The average molecular weight is 287 g/mol. The number of thioether (sulfide) groups is 1. The molecular formula is C14H13N3O2S. The van der Waals surface area contributed by atoms with Gasteiger partial charge in [-0.3, -0.25) is 4.79 Å². The maximum Gasteiger partial charge on any atom is 0.255 e. The first-order valence-electron chi connectivity index (χ1n) is 6.16. The van der Waals surface area contributed by atoms with E-state index in [1.165, 1.54) is 24.2 Å². The number of hydrogen-bond donors (Lipinski definition) is 1. The van der Waals surface area contributed by atoms with Crippen LogP contribution in [0.5, 0.6) is 5.75 Å². The van der Waals surface area contributed by atoms with Crippen molar-refractivity contribution in [2.75, 3.05) is 12.9 Å². The Kier molecular flexibility index (Phi) is 3.56. The van der Waals surface area contributed by atoms with Crippen LogP contribution in [-0.2, 0) is 0 Å². The van der Waals surface area contributed by atoms with Crippen molar-refractivity contribution in [3.63, 3.8) is 0 Å². The molecule has 102 valence electrons. The normalized spacial score (nSPS) is 16.4. The maximum atomic E-state index is 12.2. The second-order valence-electron chi connectivity index (χ2n) is 4.33. The highest BCUT2D eigenvalue weighted by Gasteiger charge is 2.25. The largest absolute Gasteiger partial charge is 0.491 e. The van der Waals surface area contributed by atoms with Crippen LogP contribution in [0.25, 0.3) is 0 Å². The van der Waals surface area contributed by atoms with Gasteiger partial charge in [0.25, 0.3) is 5.91 Å². The summed E-state index contributed by atoms with van der Waals surface area (Å²) in [5, 5.41) is 3.59. The SMILES string of the molecule is CSc1ncc(C(=O)NC2COc3ccccc32)cn1. The van der Waals surface area contributed by atoms with Crippen LogP contribution >= 0.6 is 11.8 Å². The Morgan fingerprint density at radius 1 is 1.35 bits per heavy atom. The van der Waals surface area contributed by atoms with Gasteiger partial charge in [0.2, 0.25) is 0 Å². The molecule has 0 aliphatic carbocycles. The van der Waals surface area contributed by atoms with E-state index in [0.29, 0.717) is 17.3 Å². The van der Waals surface area contributed by atoms with Gasteiger partial charge in [0.05, 0.1) is 11.6 Å². The fourth-order valence-corrected chi connectivity index (χ4v) is 2.38. The molecule has 0 saturated carbocycles. The first-order chi connectivity index (χ1) is 9.78. The monoisotopic (exact) mass is 287 g/mol. The molecule has 1 unspecified atom stereocenters. The number of para-hydroxylation sites is 1. The van der Waals surface area contributed by atoms with Crippen molar-refractivity contribution in [2.24, 2.45) is 0 Å². The number of benzene rings is 1. The number of nitrogens with one attached hydrogen (secondary N) is 1. The van der Waals surface area contributed by atoms with Gasteiger partial charge in [-0.25, -0.2) is 9.97 Å². The summed E-state index contributed by atoms with van der Waals surface area (Å²) in [6.45, 7) is 0.453. The first kappa shape index (κ1) is 12.9. The molecule has 1 atom stereocenters. The van der Waals surface area contributed by atoms with Crippen LogP contribution in [0.4, 0.5) is 0 Å². The molecule has 1 aliphatic heterocycles. The molecule has 2 aromatic rings. The minimum atomic E-state index is -0.192. The topological polar surface area (TPSA) is 64.1 Å². The number of fused-ring (bicyclic) bond motifs is 1. The summed E-state index contributed by atoms with van der Waals surface area (Å²) in [6.07, 6.45) is 4.97. The number of rotatable bonds is 3. The van der Waals surface area contributed by atoms with E-state index in [4.69, 9.17) is 4.74 Å². The van der Waals surface area contributed by atoms with Gasteiger partial charge >= 0.3 is 0 Å². The van der Waals surface area contributed by atoms with Crippen LogP contribution in [0.1, 0.15) is 22.0 Å². The number of aromatic nitrogens is 2. The number of carbonyl (C=O) groups is 1. The van der Waals surface area contributed by atoms with Gasteiger partial charge in [0, 0.05) is 18.0 Å². The Balaban J connectivity index is 1.73. The third-order valence-electron chi connectivity index (χ3n) is 3.08. The maximum absolute atomic E-state index is 12.2. The first-order valence-corrected chi connectivity index (χ1v) is 7.39. The molecule has 6 heteroatoms. The van der Waals surface area contributed by atoms with Gasteiger partial charge < -0.3 is 10.1 Å². The van der Waals surface area contributed by atoms with Gasteiger partial charge in [0.15, 0.2) is 5.16 Å². The Labute approximate surface area is 120 Å². The van der Waals surface area contributed by atoms with Crippen molar-refractivity contribution < 1.29 is 9.53 Å². The molecule has 0 bridgehead atoms. The van der Waals surface area contributed by atoms with Crippen LogP contribution in [0.15, 0.2) is 41.8 Å². The van der Waals surface area contributed by atoms with E-state index < -0.39 is 0 Å². The lowest BCUT2D eigenvalue weighted by Crippen LogP contribution is -2.29. The Bertz CT molecular complexity index is 631. The van der Waals surface area contributed by atoms with E-state index >= 15 is 0 Å². The highest BCUT2D eigenvalue weighted by atomic mass is 32.2. The molecule has 20 heavy (non-hydrogen) atoms. The second kappa shape index (κ2) is 5.50. The Morgan fingerprint density at radius 2 is 2.10 bits per heavy atom. The molecule has 1 N–H and O–H groups in total. The van der Waals surface area contributed by atoms with E-state index in [0.717, 1.165) is 11.3 Å². The zero-order chi connectivity index (χ0) is 13.9. The predicted molar refractivity (Wildman–Crippen MR) is 76.0 cm³/mol. The van der Waals surface area contributed by atoms with Crippen LogP contribution < -0.4 is 10.1 Å². The van der Waals surface area contributed by atoms with E-state index in [1.807, 2.05) is 30.5 Å². The minimum Gasteiger partial charge on any atom is -0.491 e. The molecule has 2 heterocycles. The van der Waals surface area contributed by atoms with Gasteiger partial charge in [-0.1, -0.05) is 30.0 Å². The van der Waals surface area contributed by atoms with Crippen LogP contribution in [-0.4, -0.2) is 28.7 Å². The standard InChI is InChI=1S/C14H13N3O2S/c1-20-14-15-6-9(7-16-14)13(18)17-11-8-19-12-5-3-2-4-10(11)12/h2-7,11H,8H2,1H3,(H,17,18). The van der Waals surface area contributed by atoms with Crippen molar-refractivity contribution in [3.8, 4) is 5.75 Å². The molecule has 1 aromatic heterocycles. The summed E-state index contributed by atoms with van der Waals surface area (Å²) in [6, 6.07) is 7.58. The quantitative estimate of drug-likeness (QED) is 0.691. The number of amides is 1. The Morgan fingerprint density at radius 3 is 2.85 bits per heavy atom. The zero-order valence-corrected chi connectivity index (χ0v) is 11.7. The number of carbonyl (C=O) groups excluding carboxylic acids is 1. The summed E-state index contributed by atoms with van der Waals surface area (Å²) in [4.78, 5) is 20.4. The second-order valence-corrected chi connectivity index (χ2v) is 5.11. The summed E-state index contributed by atoms with van der Waals surface area (Å²) >= 11 is 1.44. The molecule has 1 aliphatic rings. The Hall–Kier alpha value is -2.08. The highest BCUT2D eigenvalue weighted by molar-refractivity contribution is 7.98. The lowest BCUT2D eigenvalue weighted by atomic mass is 10.1. The van der Waals surface area contributed by atoms with Crippen LogP contribution in [0.2, 0.25) is 0 Å². The molecule has 5 nitrogen and oxygen atoms in total. The van der Waals surface area contributed by atoms with Crippen molar-refractivity contribution in [1.82, 2.24) is 15.3 Å². The fourth-order valence-electron chi connectivity index (χ4n) is 2.06. The van der Waals surface area contributed by atoms with Crippen molar-refractivity contribution in [1.29, 1.82) is 0 Å². The van der Waals surface area contributed by atoms with Crippen molar-refractivity contribution >= 4 is 17.7 Å². The summed E-state index contributed by atoms with van der Waals surface area (Å²) in [7, 11) is 0. The smallest absolute Gasteiger partial charge is 0.255 e. The molecule has 3 rings (SSSR count). The third kappa shape index (κ3) is 2.46. The molecule has 1 aromatic carbocycles. The van der Waals surface area contributed by atoms with Crippen LogP contribution in [0.3, 0.4) is 0 Å². The zero-order valence-electron chi connectivity index (χ0n) is 10.9. The van der Waals surface area contributed by atoms with Crippen molar-refractivity contribution in [3.05, 3.63) is 47.8 Å². The van der Waals surface area contributed by atoms with Crippen molar-refractivity contribution in [2.45, 2.75) is 11.2 Å². The van der Waals surface area contributed by atoms with Gasteiger partial charge in [-0.15, -0.1) is 0 Å². The van der Waals surface area contributed by atoms with E-state index in [9.17, 15) is 4.79 Å². The number of ether oxygens (including phenoxy) is 1. The third-order valence-corrected chi connectivity index (χ3v) is 3.65. The highest BCUT2D eigenvalue weighted by Crippen LogP contribution is 2.31. The lowest BCUT2D eigenvalue weighted by Gasteiger charge is -2.11. The van der Waals surface area contributed by atoms with Gasteiger partial charge in [-0.05, 0) is 12.3 Å². The predicted octanol–water partition coefficient (Wildman–Crippen LogP) is 2.06. The van der Waals surface area contributed by atoms with E-state index in [1.54, 1.807) is 0 Å². The summed E-state index contributed by atoms with van der Waals surface area (Å²) in [5.74, 6) is 0.634. The van der Waals surface area contributed by atoms with E-state index in [-0.39, 0.29) is 11.9 Å². The molecule has 0 spiro atoms. The summed E-state index contributed by atoms with van der Waals surface area (Å²) in [5.41, 5.74) is 1.45. The number of nitrogens with zero attached hydrogens (tertiary/aromatic N) is 2. The molecular weight excluding hydrogens is 274 g/mol. The van der Waals surface area contributed by atoms with Gasteiger partial charge in [0.1, 0.15) is 12.4 Å². The van der Waals surface area contributed by atoms with Crippen LogP contribution in [0, 0.1) is 0 Å². The molecule has 0 saturated heterocycles. The number of hydrogen-bond acceptors (Lipinski definition) is 5. The van der Waals surface area contributed by atoms with E-state index in [2.05, 4.69) is 15.3 Å². The van der Waals surface area contributed by atoms with Gasteiger partial charge in [-0.2, -0.15) is 0 Å². The summed E-state index contributed by atoms with van der Waals surface area (Å²) < 4.78 is 5.54. The minimum absolute atomic E-state index is 0.126. The average Bonchev–Trinajstić information content (AvgIpc) is 2.91.